The Bertz CT molecular complexity index is 1040. The van der Waals surface area contributed by atoms with E-state index in [2.05, 4.69) is 22.8 Å². The van der Waals surface area contributed by atoms with Crippen LogP contribution < -0.4 is 10.6 Å². The molecule has 2 fully saturated rings. The summed E-state index contributed by atoms with van der Waals surface area (Å²) >= 11 is 1.26. The smallest absolute Gasteiger partial charge is 0.350 e. The zero-order valence-corrected chi connectivity index (χ0v) is 20.8. The molecule has 182 valence electrons. The Balaban J connectivity index is 1.47. The van der Waals surface area contributed by atoms with Crippen molar-refractivity contribution in [2.75, 3.05) is 38.6 Å². The van der Waals surface area contributed by atoms with Crippen LogP contribution >= 0.6 is 11.3 Å². The lowest BCUT2D eigenvalue weighted by molar-refractivity contribution is -0.912. The number of hydrogen-bond donors (Lipinski definition) is 2. The minimum atomic E-state index is -0.456. The van der Waals surface area contributed by atoms with E-state index in [1.165, 1.54) is 18.4 Å². The van der Waals surface area contributed by atoms with E-state index in [-0.39, 0.29) is 30.4 Å². The molecule has 1 aliphatic carbocycles. The van der Waals surface area contributed by atoms with Crippen molar-refractivity contribution in [3.63, 3.8) is 0 Å². The number of carbonyl (C=O) groups is 3. The number of rotatable bonds is 8. The number of esters is 1. The molecule has 1 saturated heterocycles. The lowest BCUT2D eigenvalue weighted by atomic mass is 10.0. The number of nitrogens with zero attached hydrogens (tertiary/aromatic N) is 1. The molecular formula is C26H34N3O4S+. The maximum Gasteiger partial charge on any atom is 0.350 e. The lowest BCUT2D eigenvalue weighted by Crippen LogP contribution is -2.58. The number of likely N-dealkylation sites (tertiary alicyclic amines) is 1. The van der Waals surface area contributed by atoms with Crippen LogP contribution in [0.5, 0.6) is 0 Å². The third kappa shape index (κ3) is 5.50. The number of ether oxygens (including phenoxy) is 1. The Morgan fingerprint density at radius 2 is 1.65 bits per heavy atom. The van der Waals surface area contributed by atoms with E-state index in [4.69, 9.17) is 4.74 Å². The van der Waals surface area contributed by atoms with E-state index in [9.17, 15) is 14.4 Å². The molecule has 2 N–H and O–H groups in total. The molecule has 8 heteroatoms. The van der Waals surface area contributed by atoms with Crippen LogP contribution in [0.15, 0.2) is 35.7 Å². The van der Waals surface area contributed by atoms with Crippen molar-refractivity contribution < 1.29 is 23.6 Å². The maximum atomic E-state index is 13.3. The van der Waals surface area contributed by atoms with Crippen LogP contribution in [0.1, 0.15) is 59.3 Å². The standard InChI is InChI=1S/C26H33N3O4S/c1-19-18-34-24(25(32)33-2)23(19)27-21(30)16-29(14-8-3-4-9-15-29)17-22(31)28-26(12-13-26)20-10-6-5-7-11-20/h5-7,10-11,18H,3-4,8-9,12-17H2,1-2H3,(H-,27,28,30,31,32)/p+1. The number of quaternary nitrogens is 1. The number of carbonyl (C=O) groups excluding carboxylic acids is 3. The second kappa shape index (κ2) is 10.3. The van der Waals surface area contributed by atoms with Gasteiger partial charge in [-0.3, -0.25) is 9.59 Å². The number of nitrogens with one attached hydrogen (secondary N) is 2. The first-order valence-corrected chi connectivity index (χ1v) is 12.9. The van der Waals surface area contributed by atoms with Gasteiger partial charge >= 0.3 is 5.97 Å². The Morgan fingerprint density at radius 3 is 2.26 bits per heavy atom. The average molecular weight is 485 g/mol. The summed E-state index contributed by atoms with van der Waals surface area (Å²) in [7, 11) is 1.33. The van der Waals surface area contributed by atoms with E-state index in [1.807, 2.05) is 30.5 Å². The highest BCUT2D eigenvalue weighted by Gasteiger charge is 2.47. The third-order valence-electron chi connectivity index (χ3n) is 7.04. The summed E-state index contributed by atoms with van der Waals surface area (Å²) < 4.78 is 5.31. The van der Waals surface area contributed by atoms with Crippen molar-refractivity contribution in [3.05, 3.63) is 51.7 Å². The van der Waals surface area contributed by atoms with Gasteiger partial charge in [-0.15, -0.1) is 11.3 Å². The van der Waals surface area contributed by atoms with Gasteiger partial charge in [-0.05, 0) is 62.0 Å². The molecule has 0 radical (unpaired) electrons. The highest BCUT2D eigenvalue weighted by atomic mass is 32.1. The van der Waals surface area contributed by atoms with Gasteiger partial charge in [0.15, 0.2) is 13.1 Å². The summed E-state index contributed by atoms with van der Waals surface area (Å²) in [5, 5.41) is 8.08. The fourth-order valence-electron chi connectivity index (χ4n) is 5.04. The second-order valence-electron chi connectivity index (χ2n) is 9.68. The van der Waals surface area contributed by atoms with Crippen molar-refractivity contribution in [3.8, 4) is 0 Å². The van der Waals surface area contributed by atoms with Crippen LogP contribution in [-0.4, -0.2) is 55.6 Å². The van der Waals surface area contributed by atoms with Crippen LogP contribution in [0.2, 0.25) is 0 Å². The predicted octanol–water partition coefficient (Wildman–Crippen LogP) is 3.98. The number of anilines is 1. The van der Waals surface area contributed by atoms with E-state index >= 15 is 0 Å². The molecule has 1 aromatic heterocycles. The van der Waals surface area contributed by atoms with Gasteiger partial charge in [0, 0.05) is 0 Å². The fourth-order valence-corrected chi connectivity index (χ4v) is 5.96. The summed E-state index contributed by atoms with van der Waals surface area (Å²) in [5.74, 6) is -0.634. The van der Waals surface area contributed by atoms with Gasteiger partial charge in [-0.2, -0.15) is 0 Å². The molecule has 1 aliphatic heterocycles. The summed E-state index contributed by atoms with van der Waals surface area (Å²) in [5.41, 5.74) is 2.23. The van der Waals surface area contributed by atoms with Crippen LogP contribution in [0.3, 0.4) is 0 Å². The molecule has 2 aromatic rings. The second-order valence-corrected chi connectivity index (χ2v) is 10.6. The topological polar surface area (TPSA) is 84.5 Å². The number of methoxy groups -OCH3 is 1. The minimum Gasteiger partial charge on any atom is -0.465 e. The molecule has 1 aromatic carbocycles. The zero-order valence-electron chi connectivity index (χ0n) is 20.0. The molecule has 4 rings (SSSR count). The van der Waals surface area contributed by atoms with Gasteiger partial charge in [0.05, 0.1) is 31.4 Å². The van der Waals surface area contributed by atoms with Gasteiger partial charge in [0.2, 0.25) is 0 Å². The van der Waals surface area contributed by atoms with Crippen molar-refractivity contribution in [2.45, 2.75) is 51.0 Å². The normalized spacial score (nSPS) is 18.4. The Labute approximate surface area is 205 Å². The molecule has 0 unspecified atom stereocenters. The number of amides is 2. The van der Waals surface area contributed by atoms with Crippen LogP contribution in [0, 0.1) is 6.92 Å². The van der Waals surface area contributed by atoms with Crippen LogP contribution in [-0.2, 0) is 19.9 Å². The first-order valence-electron chi connectivity index (χ1n) is 12.0. The molecule has 0 spiro atoms. The van der Waals surface area contributed by atoms with Gasteiger partial charge in [-0.25, -0.2) is 4.79 Å². The summed E-state index contributed by atoms with van der Waals surface area (Å²) in [6.45, 7) is 3.95. The molecule has 2 heterocycles. The molecule has 7 nitrogen and oxygen atoms in total. The van der Waals surface area contributed by atoms with Crippen molar-refractivity contribution >= 4 is 34.8 Å². The molecule has 1 saturated carbocycles. The molecule has 0 bridgehead atoms. The van der Waals surface area contributed by atoms with Gasteiger partial charge in [0.1, 0.15) is 4.88 Å². The highest BCUT2D eigenvalue weighted by molar-refractivity contribution is 7.12. The van der Waals surface area contributed by atoms with E-state index < -0.39 is 5.97 Å². The molecule has 34 heavy (non-hydrogen) atoms. The number of thiophene rings is 1. The number of aryl methyl sites for hydroxylation is 1. The van der Waals surface area contributed by atoms with E-state index in [0.717, 1.165) is 62.7 Å². The maximum absolute atomic E-state index is 13.3. The quantitative estimate of drug-likeness (QED) is 0.439. The Hall–Kier alpha value is -2.71. The number of hydrogen-bond acceptors (Lipinski definition) is 5. The summed E-state index contributed by atoms with van der Waals surface area (Å²) in [6, 6.07) is 10.1. The van der Waals surface area contributed by atoms with Crippen LogP contribution in [0.25, 0.3) is 0 Å². The minimum absolute atomic E-state index is 0.00184. The average Bonchev–Trinajstić information content (AvgIpc) is 3.56. The lowest BCUT2D eigenvalue weighted by Gasteiger charge is -2.37. The van der Waals surface area contributed by atoms with Gasteiger partial charge in [-0.1, -0.05) is 30.3 Å². The monoisotopic (exact) mass is 484 g/mol. The Morgan fingerprint density at radius 1 is 1.00 bits per heavy atom. The SMILES string of the molecule is COC(=O)c1scc(C)c1NC(=O)C[N+]1(CC(=O)NC2(c3ccccc3)CC2)CCCCCC1. The summed E-state index contributed by atoms with van der Waals surface area (Å²) in [6.07, 6.45) is 6.11. The van der Waals surface area contributed by atoms with Crippen LogP contribution in [0.4, 0.5) is 5.69 Å². The first-order chi connectivity index (χ1) is 16.4. The van der Waals surface area contributed by atoms with Gasteiger partial charge < -0.3 is 19.9 Å². The third-order valence-corrected chi connectivity index (χ3v) is 8.12. The van der Waals surface area contributed by atoms with Crippen molar-refractivity contribution in [1.82, 2.24) is 5.32 Å². The zero-order chi connectivity index (χ0) is 24.2. The summed E-state index contributed by atoms with van der Waals surface area (Å²) in [4.78, 5) is 39.0. The largest absolute Gasteiger partial charge is 0.465 e. The molecule has 2 amide bonds. The fraction of sp³-hybridized carbons (Fsp3) is 0.500. The van der Waals surface area contributed by atoms with Crippen molar-refractivity contribution in [1.29, 1.82) is 0 Å². The van der Waals surface area contributed by atoms with Crippen molar-refractivity contribution in [2.24, 2.45) is 0 Å². The molecule has 2 aliphatic rings. The highest BCUT2D eigenvalue weighted by Crippen LogP contribution is 2.45. The number of benzene rings is 1. The Kier molecular flexibility index (Phi) is 7.38. The van der Waals surface area contributed by atoms with E-state index in [1.54, 1.807) is 0 Å². The first kappa shape index (κ1) is 24.4. The van der Waals surface area contributed by atoms with E-state index in [0.29, 0.717) is 15.0 Å². The molecule has 0 atom stereocenters. The molecular weight excluding hydrogens is 450 g/mol. The predicted molar refractivity (Wildman–Crippen MR) is 133 cm³/mol. The van der Waals surface area contributed by atoms with Gasteiger partial charge in [0.25, 0.3) is 11.8 Å².